The molecule has 0 saturated carbocycles. The topological polar surface area (TPSA) is 9.23 Å². The van der Waals surface area contributed by atoms with Crippen LogP contribution in [0.5, 0.6) is 5.75 Å². The lowest BCUT2D eigenvalue weighted by Crippen LogP contribution is -2.00. The maximum Gasteiger partial charge on any atom is 0.122 e. The van der Waals surface area contributed by atoms with E-state index in [2.05, 4.69) is 48.8 Å². The zero-order valence-electron chi connectivity index (χ0n) is 9.67. The number of halogens is 1. The highest BCUT2D eigenvalue weighted by Crippen LogP contribution is 2.53. The van der Waals surface area contributed by atoms with E-state index in [1.54, 1.807) is 7.11 Å². The number of rotatable bonds is 1. The molecule has 15 heavy (non-hydrogen) atoms. The summed E-state index contributed by atoms with van der Waals surface area (Å²) < 4.78 is 5.46. The summed E-state index contributed by atoms with van der Waals surface area (Å²) in [5.74, 6) is 2.24. The van der Waals surface area contributed by atoms with Crippen LogP contribution in [0.1, 0.15) is 41.3 Å². The predicted octanol–water partition coefficient (Wildman–Crippen LogP) is 4.19. The molecule has 1 aromatic rings. The molecule has 2 rings (SSSR count). The lowest BCUT2D eigenvalue weighted by Gasteiger charge is -2.13. The van der Waals surface area contributed by atoms with Gasteiger partial charge in [0.25, 0.3) is 0 Å². The molecule has 1 aliphatic rings. The van der Waals surface area contributed by atoms with Gasteiger partial charge in [0.15, 0.2) is 0 Å². The Morgan fingerprint density at radius 3 is 2.47 bits per heavy atom. The second-order valence-corrected chi connectivity index (χ2v) is 5.45. The average molecular weight is 269 g/mol. The Balaban J connectivity index is 2.65. The summed E-state index contributed by atoms with van der Waals surface area (Å²) in [5.41, 5.74) is 4.20. The van der Waals surface area contributed by atoms with Crippen LogP contribution >= 0.6 is 15.9 Å². The largest absolute Gasteiger partial charge is 0.496 e. The molecule has 0 amide bonds. The quantitative estimate of drug-likeness (QED) is 0.694. The number of hydrogen-bond donors (Lipinski definition) is 0. The van der Waals surface area contributed by atoms with Gasteiger partial charge < -0.3 is 4.74 Å². The molecule has 3 unspecified atom stereocenters. The SMILES string of the molecule is COc1ccc(C)c2c1C(C)C(C)C2Br. The summed E-state index contributed by atoms with van der Waals surface area (Å²) in [4.78, 5) is 0.470. The van der Waals surface area contributed by atoms with E-state index < -0.39 is 0 Å². The van der Waals surface area contributed by atoms with Gasteiger partial charge in [0.1, 0.15) is 5.75 Å². The Kier molecular flexibility index (Phi) is 2.80. The first-order valence-electron chi connectivity index (χ1n) is 5.39. The van der Waals surface area contributed by atoms with Gasteiger partial charge in [-0.15, -0.1) is 0 Å². The molecule has 0 aromatic heterocycles. The fourth-order valence-electron chi connectivity index (χ4n) is 2.52. The molecular weight excluding hydrogens is 252 g/mol. The van der Waals surface area contributed by atoms with Crippen molar-refractivity contribution >= 4 is 15.9 Å². The van der Waals surface area contributed by atoms with Gasteiger partial charge in [0, 0.05) is 10.4 Å². The van der Waals surface area contributed by atoms with Gasteiger partial charge in [-0.2, -0.15) is 0 Å². The van der Waals surface area contributed by atoms with Gasteiger partial charge in [-0.3, -0.25) is 0 Å². The van der Waals surface area contributed by atoms with Gasteiger partial charge in [-0.05, 0) is 36.0 Å². The number of fused-ring (bicyclic) bond motifs is 1. The third-order valence-electron chi connectivity index (χ3n) is 3.67. The number of methoxy groups -OCH3 is 1. The summed E-state index contributed by atoms with van der Waals surface area (Å²) in [6, 6.07) is 4.24. The number of aryl methyl sites for hydroxylation is 1. The van der Waals surface area contributed by atoms with E-state index in [1.807, 2.05) is 0 Å². The van der Waals surface area contributed by atoms with Gasteiger partial charge >= 0.3 is 0 Å². The standard InChI is InChI=1S/C13H17BrO/c1-7-5-6-10(15-4)12-8(2)9(3)13(14)11(7)12/h5-6,8-9,13H,1-4H3. The van der Waals surface area contributed by atoms with Crippen molar-refractivity contribution in [3.63, 3.8) is 0 Å². The molecule has 0 aliphatic heterocycles. The highest BCUT2D eigenvalue weighted by atomic mass is 79.9. The van der Waals surface area contributed by atoms with Crippen LogP contribution in [-0.4, -0.2) is 7.11 Å². The summed E-state index contributed by atoms with van der Waals surface area (Å²) in [6.45, 7) is 6.76. The fraction of sp³-hybridized carbons (Fsp3) is 0.538. The Bertz CT molecular complexity index is 386. The minimum Gasteiger partial charge on any atom is -0.496 e. The van der Waals surface area contributed by atoms with Crippen LogP contribution in [-0.2, 0) is 0 Å². The molecule has 1 aliphatic carbocycles. The van der Waals surface area contributed by atoms with Crippen molar-refractivity contribution < 1.29 is 4.74 Å². The number of alkyl halides is 1. The van der Waals surface area contributed by atoms with Crippen LogP contribution in [0.3, 0.4) is 0 Å². The van der Waals surface area contributed by atoms with Crippen LogP contribution < -0.4 is 4.74 Å². The van der Waals surface area contributed by atoms with Crippen molar-refractivity contribution in [3.05, 3.63) is 28.8 Å². The Morgan fingerprint density at radius 1 is 1.20 bits per heavy atom. The molecule has 0 bridgehead atoms. The predicted molar refractivity (Wildman–Crippen MR) is 67.0 cm³/mol. The summed E-state index contributed by atoms with van der Waals surface area (Å²) in [7, 11) is 1.75. The van der Waals surface area contributed by atoms with E-state index >= 15 is 0 Å². The second kappa shape index (κ2) is 3.82. The van der Waals surface area contributed by atoms with Gasteiger partial charge in [0.05, 0.1) is 7.11 Å². The van der Waals surface area contributed by atoms with Crippen molar-refractivity contribution in [1.82, 2.24) is 0 Å². The lowest BCUT2D eigenvalue weighted by molar-refractivity contribution is 0.403. The van der Waals surface area contributed by atoms with Crippen molar-refractivity contribution in [3.8, 4) is 5.75 Å². The normalized spacial score (nSPS) is 29.0. The van der Waals surface area contributed by atoms with Crippen molar-refractivity contribution in [2.75, 3.05) is 7.11 Å². The lowest BCUT2D eigenvalue weighted by atomic mass is 9.95. The van der Waals surface area contributed by atoms with Crippen molar-refractivity contribution in [2.45, 2.75) is 31.5 Å². The molecule has 1 nitrogen and oxygen atoms in total. The molecule has 3 atom stereocenters. The van der Waals surface area contributed by atoms with Crippen LogP contribution in [0.4, 0.5) is 0 Å². The minimum atomic E-state index is 0.470. The average Bonchev–Trinajstić information content (AvgIpc) is 2.46. The summed E-state index contributed by atoms with van der Waals surface area (Å²) >= 11 is 3.80. The molecule has 0 fully saturated rings. The minimum absolute atomic E-state index is 0.470. The Labute approximate surface area is 100.0 Å². The number of benzene rings is 1. The molecule has 82 valence electrons. The first kappa shape index (κ1) is 11.0. The van der Waals surface area contributed by atoms with Crippen LogP contribution in [0.25, 0.3) is 0 Å². The van der Waals surface area contributed by atoms with Crippen LogP contribution in [0.2, 0.25) is 0 Å². The van der Waals surface area contributed by atoms with E-state index in [4.69, 9.17) is 4.74 Å². The molecule has 1 aromatic carbocycles. The maximum absolute atomic E-state index is 5.46. The molecule has 0 radical (unpaired) electrons. The molecule has 2 heteroatoms. The van der Waals surface area contributed by atoms with Gasteiger partial charge in [0.2, 0.25) is 0 Å². The monoisotopic (exact) mass is 268 g/mol. The third kappa shape index (κ3) is 1.50. The van der Waals surface area contributed by atoms with Crippen LogP contribution in [0, 0.1) is 12.8 Å². The van der Waals surface area contributed by atoms with E-state index in [0.717, 1.165) is 5.75 Å². The van der Waals surface area contributed by atoms with Gasteiger partial charge in [-0.25, -0.2) is 0 Å². The molecular formula is C13H17BrO. The molecule has 0 spiro atoms. The maximum atomic E-state index is 5.46. The van der Waals surface area contributed by atoms with E-state index in [0.29, 0.717) is 16.7 Å². The smallest absolute Gasteiger partial charge is 0.122 e. The first-order chi connectivity index (χ1) is 7.07. The van der Waals surface area contributed by atoms with E-state index in [9.17, 15) is 0 Å². The summed E-state index contributed by atoms with van der Waals surface area (Å²) in [6.07, 6.45) is 0. The molecule has 0 saturated heterocycles. The Hall–Kier alpha value is -0.500. The fourth-order valence-corrected chi connectivity index (χ4v) is 3.58. The zero-order chi connectivity index (χ0) is 11.2. The molecule has 0 heterocycles. The summed E-state index contributed by atoms with van der Waals surface area (Å²) in [5, 5.41) is 0. The van der Waals surface area contributed by atoms with Crippen molar-refractivity contribution in [2.24, 2.45) is 5.92 Å². The number of ether oxygens (including phenoxy) is 1. The first-order valence-corrected chi connectivity index (χ1v) is 6.31. The van der Waals surface area contributed by atoms with Crippen LogP contribution in [0.15, 0.2) is 12.1 Å². The van der Waals surface area contributed by atoms with Crippen molar-refractivity contribution in [1.29, 1.82) is 0 Å². The second-order valence-electron chi connectivity index (χ2n) is 4.46. The van der Waals surface area contributed by atoms with E-state index in [-0.39, 0.29) is 0 Å². The molecule has 0 N–H and O–H groups in total. The Morgan fingerprint density at radius 2 is 1.87 bits per heavy atom. The highest BCUT2D eigenvalue weighted by molar-refractivity contribution is 9.09. The zero-order valence-corrected chi connectivity index (χ0v) is 11.3. The highest BCUT2D eigenvalue weighted by Gasteiger charge is 2.36. The third-order valence-corrected chi connectivity index (χ3v) is 4.96. The van der Waals surface area contributed by atoms with E-state index in [1.165, 1.54) is 16.7 Å². The van der Waals surface area contributed by atoms with Gasteiger partial charge in [-0.1, -0.05) is 35.8 Å². The number of hydrogen-bond acceptors (Lipinski definition) is 1.